The molecular formula is C15H22O2. The van der Waals surface area contributed by atoms with Crippen LogP contribution in [0.1, 0.15) is 25.8 Å². The van der Waals surface area contributed by atoms with E-state index in [-0.39, 0.29) is 5.41 Å². The molecule has 94 valence electrons. The Hall–Kier alpha value is -1.12. The number of rotatable bonds is 7. The fourth-order valence-electron chi connectivity index (χ4n) is 1.47. The topological polar surface area (TPSA) is 29.5 Å². The van der Waals surface area contributed by atoms with Crippen LogP contribution < -0.4 is 0 Å². The highest BCUT2D eigenvalue weighted by molar-refractivity contribution is 5.13. The Labute approximate surface area is 104 Å². The summed E-state index contributed by atoms with van der Waals surface area (Å²) in [5, 5.41) is 9.92. The Bertz CT molecular complexity index is 330. The van der Waals surface area contributed by atoms with Gasteiger partial charge in [0.1, 0.15) is 0 Å². The van der Waals surface area contributed by atoms with Crippen LogP contribution in [0.25, 0.3) is 0 Å². The molecule has 1 N–H and O–H groups in total. The van der Waals surface area contributed by atoms with Crippen LogP contribution in [0.3, 0.4) is 0 Å². The standard InChI is InChI=1S/C15H22O2/c1-4-15(2,3)14(16)10-11-17-12-13-8-6-5-7-9-13/h4-9,14,16H,1,10-12H2,2-3H3/t14-/m1/s1. The van der Waals surface area contributed by atoms with E-state index >= 15 is 0 Å². The van der Waals surface area contributed by atoms with Crippen molar-refractivity contribution < 1.29 is 9.84 Å². The number of aliphatic hydroxyl groups is 1. The minimum absolute atomic E-state index is 0.254. The lowest BCUT2D eigenvalue weighted by molar-refractivity contribution is 0.0304. The van der Waals surface area contributed by atoms with Gasteiger partial charge in [-0.1, -0.05) is 50.3 Å². The van der Waals surface area contributed by atoms with Gasteiger partial charge in [0.2, 0.25) is 0 Å². The molecule has 0 fully saturated rings. The van der Waals surface area contributed by atoms with Crippen molar-refractivity contribution in [3.05, 3.63) is 48.6 Å². The van der Waals surface area contributed by atoms with E-state index in [4.69, 9.17) is 4.74 Å². The summed E-state index contributed by atoms with van der Waals surface area (Å²) in [4.78, 5) is 0. The van der Waals surface area contributed by atoms with E-state index in [1.807, 2.05) is 44.2 Å². The van der Waals surface area contributed by atoms with Crippen molar-refractivity contribution in [3.8, 4) is 0 Å². The number of hydrogen-bond acceptors (Lipinski definition) is 2. The van der Waals surface area contributed by atoms with Crippen LogP contribution >= 0.6 is 0 Å². The molecule has 0 spiro atoms. The van der Waals surface area contributed by atoms with Crippen LogP contribution in [0.15, 0.2) is 43.0 Å². The molecule has 2 heteroatoms. The second kappa shape index (κ2) is 6.58. The first-order valence-electron chi connectivity index (χ1n) is 5.99. The van der Waals surface area contributed by atoms with Crippen molar-refractivity contribution in [3.63, 3.8) is 0 Å². The average Bonchev–Trinajstić information content (AvgIpc) is 2.35. The van der Waals surface area contributed by atoms with Crippen molar-refractivity contribution in [2.75, 3.05) is 6.61 Å². The maximum absolute atomic E-state index is 9.92. The number of benzene rings is 1. The summed E-state index contributed by atoms with van der Waals surface area (Å²) in [6.07, 6.45) is 2.01. The predicted molar refractivity (Wildman–Crippen MR) is 70.7 cm³/mol. The summed E-state index contributed by atoms with van der Waals surface area (Å²) in [6.45, 7) is 8.84. The Kier molecular flexibility index (Phi) is 5.39. The molecular weight excluding hydrogens is 212 g/mol. The SMILES string of the molecule is C=CC(C)(C)[C@H](O)CCOCc1ccccc1. The summed E-state index contributed by atoms with van der Waals surface area (Å²) in [5.41, 5.74) is 0.904. The van der Waals surface area contributed by atoms with Crippen molar-refractivity contribution >= 4 is 0 Å². The van der Waals surface area contributed by atoms with E-state index in [0.717, 1.165) is 5.56 Å². The molecule has 0 saturated carbocycles. The Morgan fingerprint density at radius 1 is 1.35 bits per heavy atom. The Balaban J connectivity index is 2.23. The lowest BCUT2D eigenvalue weighted by Crippen LogP contribution is -2.28. The van der Waals surface area contributed by atoms with E-state index < -0.39 is 6.10 Å². The normalized spacial score (nSPS) is 13.4. The van der Waals surface area contributed by atoms with Gasteiger partial charge in [-0.15, -0.1) is 6.58 Å². The fourth-order valence-corrected chi connectivity index (χ4v) is 1.47. The third-order valence-corrected chi connectivity index (χ3v) is 3.03. The minimum Gasteiger partial charge on any atom is -0.392 e. The van der Waals surface area contributed by atoms with Gasteiger partial charge in [-0.25, -0.2) is 0 Å². The molecule has 1 aromatic carbocycles. The molecule has 0 amide bonds. The summed E-state index contributed by atoms with van der Waals surface area (Å²) < 4.78 is 5.54. The van der Waals surface area contributed by atoms with Gasteiger partial charge in [-0.05, 0) is 12.0 Å². The second-order valence-corrected chi connectivity index (χ2v) is 4.87. The van der Waals surface area contributed by atoms with E-state index in [0.29, 0.717) is 19.6 Å². The van der Waals surface area contributed by atoms with Gasteiger partial charge >= 0.3 is 0 Å². The molecule has 0 aliphatic heterocycles. The van der Waals surface area contributed by atoms with Crippen LogP contribution in [0.2, 0.25) is 0 Å². The van der Waals surface area contributed by atoms with Gasteiger partial charge in [0.25, 0.3) is 0 Å². The number of aliphatic hydroxyl groups excluding tert-OH is 1. The van der Waals surface area contributed by atoms with Crippen molar-refractivity contribution in [1.29, 1.82) is 0 Å². The maximum Gasteiger partial charge on any atom is 0.0716 e. The quantitative estimate of drug-likeness (QED) is 0.580. The third-order valence-electron chi connectivity index (χ3n) is 3.03. The highest BCUT2D eigenvalue weighted by atomic mass is 16.5. The molecule has 0 unspecified atom stereocenters. The van der Waals surface area contributed by atoms with Crippen LogP contribution in [0.5, 0.6) is 0 Å². The van der Waals surface area contributed by atoms with E-state index in [1.54, 1.807) is 6.08 Å². The average molecular weight is 234 g/mol. The van der Waals surface area contributed by atoms with Crippen LogP contribution in [0.4, 0.5) is 0 Å². The molecule has 2 nitrogen and oxygen atoms in total. The Morgan fingerprint density at radius 3 is 2.59 bits per heavy atom. The van der Waals surface area contributed by atoms with Gasteiger partial charge in [0, 0.05) is 12.0 Å². The molecule has 0 heterocycles. The largest absolute Gasteiger partial charge is 0.392 e. The summed E-state index contributed by atoms with van der Waals surface area (Å²) in [7, 11) is 0. The van der Waals surface area contributed by atoms with Gasteiger partial charge < -0.3 is 9.84 Å². The summed E-state index contributed by atoms with van der Waals surface area (Å²) in [5.74, 6) is 0. The third kappa shape index (κ3) is 4.72. The monoisotopic (exact) mass is 234 g/mol. The molecule has 1 atom stereocenters. The van der Waals surface area contributed by atoms with Crippen molar-refractivity contribution in [2.45, 2.75) is 33.0 Å². The van der Waals surface area contributed by atoms with Gasteiger partial charge in [-0.3, -0.25) is 0 Å². The lowest BCUT2D eigenvalue weighted by atomic mass is 9.85. The van der Waals surface area contributed by atoms with Gasteiger partial charge in [-0.2, -0.15) is 0 Å². The zero-order valence-corrected chi connectivity index (χ0v) is 10.7. The molecule has 1 aromatic rings. The first-order valence-corrected chi connectivity index (χ1v) is 5.99. The van der Waals surface area contributed by atoms with Crippen LogP contribution in [-0.4, -0.2) is 17.8 Å². The maximum atomic E-state index is 9.92. The molecule has 17 heavy (non-hydrogen) atoms. The molecule has 0 aliphatic carbocycles. The molecule has 0 aliphatic rings. The molecule has 0 bridgehead atoms. The molecule has 1 rings (SSSR count). The first kappa shape index (κ1) is 13.9. The highest BCUT2D eigenvalue weighted by Gasteiger charge is 2.23. The fraction of sp³-hybridized carbons (Fsp3) is 0.467. The van der Waals surface area contributed by atoms with E-state index in [1.165, 1.54) is 0 Å². The van der Waals surface area contributed by atoms with Crippen LogP contribution in [-0.2, 0) is 11.3 Å². The van der Waals surface area contributed by atoms with Gasteiger partial charge in [0.15, 0.2) is 0 Å². The Morgan fingerprint density at radius 2 is 2.00 bits per heavy atom. The van der Waals surface area contributed by atoms with Crippen molar-refractivity contribution in [1.82, 2.24) is 0 Å². The molecule has 0 saturated heterocycles. The smallest absolute Gasteiger partial charge is 0.0716 e. The van der Waals surface area contributed by atoms with E-state index in [2.05, 4.69) is 6.58 Å². The molecule has 0 aromatic heterocycles. The van der Waals surface area contributed by atoms with Crippen molar-refractivity contribution in [2.24, 2.45) is 5.41 Å². The zero-order chi connectivity index (χ0) is 12.7. The lowest BCUT2D eigenvalue weighted by Gasteiger charge is -2.26. The number of ether oxygens (including phenoxy) is 1. The van der Waals surface area contributed by atoms with E-state index in [9.17, 15) is 5.11 Å². The number of hydrogen-bond donors (Lipinski definition) is 1. The second-order valence-electron chi connectivity index (χ2n) is 4.87. The minimum atomic E-state index is -0.407. The molecule has 0 radical (unpaired) electrons. The predicted octanol–water partition coefficient (Wildman–Crippen LogP) is 3.17. The first-order chi connectivity index (χ1) is 8.06. The van der Waals surface area contributed by atoms with Gasteiger partial charge in [0.05, 0.1) is 12.7 Å². The highest BCUT2D eigenvalue weighted by Crippen LogP contribution is 2.23. The summed E-state index contributed by atoms with van der Waals surface area (Å²) in [6, 6.07) is 10.0. The summed E-state index contributed by atoms with van der Waals surface area (Å²) >= 11 is 0. The zero-order valence-electron chi connectivity index (χ0n) is 10.7. The van der Waals surface area contributed by atoms with Crippen LogP contribution in [0, 0.1) is 5.41 Å².